The van der Waals surface area contributed by atoms with Crippen LogP contribution < -0.4 is 20.3 Å². The minimum absolute atomic E-state index is 0.0712. The van der Waals surface area contributed by atoms with Crippen molar-refractivity contribution < 1.29 is 27.5 Å². The van der Waals surface area contributed by atoms with Gasteiger partial charge in [0.25, 0.3) is 0 Å². The van der Waals surface area contributed by atoms with Gasteiger partial charge in [0.1, 0.15) is 5.75 Å². The number of amides is 1. The molecule has 2 saturated heterocycles. The highest BCUT2D eigenvalue weighted by Gasteiger charge is 2.43. The average molecular weight is 526 g/mol. The van der Waals surface area contributed by atoms with Crippen molar-refractivity contribution in [2.24, 2.45) is 5.92 Å². The minimum Gasteiger partial charge on any atom is -0.478 e. The Labute approximate surface area is 217 Å². The van der Waals surface area contributed by atoms with Crippen LogP contribution in [-0.2, 0) is 22.2 Å². The first kappa shape index (κ1) is 25.8. The van der Waals surface area contributed by atoms with E-state index in [1.165, 1.54) is 24.5 Å². The van der Waals surface area contributed by atoms with Crippen LogP contribution in [0.25, 0.3) is 0 Å². The number of hydrogen-bond acceptors (Lipinski definition) is 7. The molecule has 0 saturated carbocycles. The number of nitrogens with one attached hydrogen (secondary N) is 2. The first-order valence-electron chi connectivity index (χ1n) is 12.3. The molecule has 2 aliphatic heterocycles. The highest BCUT2D eigenvalue weighted by atomic mass is 19.4. The average Bonchev–Trinajstić information content (AvgIpc) is 3.34. The summed E-state index contributed by atoms with van der Waals surface area (Å²) in [5.74, 6) is -0.109. The first-order valence-corrected chi connectivity index (χ1v) is 12.3. The zero-order chi connectivity index (χ0) is 26.8. The van der Waals surface area contributed by atoms with Gasteiger partial charge in [0.2, 0.25) is 5.91 Å². The number of carbonyl (C=O) groups excluding carboxylic acids is 2. The summed E-state index contributed by atoms with van der Waals surface area (Å²) in [6.07, 6.45) is -1.26. The molecule has 1 atom stereocenters. The molecule has 198 valence electrons. The molecule has 11 heteroatoms. The van der Waals surface area contributed by atoms with Gasteiger partial charge < -0.3 is 15.4 Å². The van der Waals surface area contributed by atoms with Crippen molar-refractivity contribution in [1.82, 2.24) is 20.8 Å². The van der Waals surface area contributed by atoms with Crippen molar-refractivity contribution in [1.29, 1.82) is 0 Å². The van der Waals surface area contributed by atoms with Crippen molar-refractivity contribution in [2.45, 2.75) is 24.6 Å². The monoisotopic (exact) mass is 525 g/mol. The molecule has 3 aromatic rings. The number of rotatable bonds is 8. The SMILES string of the molecule is O=C(C1CNC1)N(c1ccc(O[C@]2(C(=O)Cc3cccc(C(F)(F)F)c3)CCNC2)cc1)c1ccnnc1. The van der Waals surface area contributed by atoms with Crippen LogP contribution in [0, 0.1) is 5.92 Å². The molecule has 0 aliphatic carbocycles. The van der Waals surface area contributed by atoms with Crippen LogP contribution in [-0.4, -0.2) is 53.7 Å². The van der Waals surface area contributed by atoms with E-state index in [0.717, 1.165) is 12.1 Å². The smallest absolute Gasteiger partial charge is 0.416 e. The third-order valence-electron chi connectivity index (χ3n) is 6.83. The van der Waals surface area contributed by atoms with Crippen molar-refractivity contribution in [2.75, 3.05) is 31.1 Å². The normalized spacial score (nSPS) is 19.6. The van der Waals surface area contributed by atoms with Crippen LogP contribution in [0.3, 0.4) is 0 Å². The molecule has 3 heterocycles. The van der Waals surface area contributed by atoms with Gasteiger partial charge in [-0.1, -0.05) is 18.2 Å². The molecule has 8 nitrogen and oxygen atoms in total. The number of carbonyl (C=O) groups is 2. The zero-order valence-electron chi connectivity index (χ0n) is 20.4. The topological polar surface area (TPSA) is 96.5 Å². The molecule has 2 N–H and O–H groups in total. The second-order valence-corrected chi connectivity index (χ2v) is 9.44. The summed E-state index contributed by atoms with van der Waals surface area (Å²) in [4.78, 5) is 28.1. The van der Waals surface area contributed by atoms with Gasteiger partial charge in [-0.3, -0.25) is 14.5 Å². The maximum Gasteiger partial charge on any atom is 0.416 e. The molecule has 2 aliphatic rings. The Balaban J connectivity index is 1.35. The summed E-state index contributed by atoms with van der Waals surface area (Å²) in [5.41, 5.74) is -0.535. The van der Waals surface area contributed by atoms with E-state index in [1.54, 1.807) is 35.2 Å². The van der Waals surface area contributed by atoms with Gasteiger partial charge in [-0.15, -0.1) is 0 Å². The van der Waals surface area contributed by atoms with Gasteiger partial charge in [-0.2, -0.15) is 23.4 Å². The highest BCUT2D eigenvalue weighted by molar-refractivity contribution is 6.02. The Morgan fingerprint density at radius 1 is 1.03 bits per heavy atom. The van der Waals surface area contributed by atoms with E-state index >= 15 is 0 Å². The number of ketones is 1. The lowest BCUT2D eigenvalue weighted by Gasteiger charge is -2.32. The maximum absolute atomic E-state index is 13.3. The number of nitrogens with zero attached hydrogens (tertiary/aromatic N) is 3. The van der Waals surface area contributed by atoms with E-state index in [4.69, 9.17) is 4.74 Å². The standard InChI is InChI=1S/C27H26F3N5O3/c28-27(29,30)20-3-1-2-18(12-20)13-24(36)26(9-11-31-17-26)38-23-6-4-21(5-7-23)35(22-8-10-33-34-16-22)25(37)19-14-32-15-19/h1-8,10,12,16,19,31-32H,9,11,13-15,17H2/t26-/m1/s1. The molecule has 0 radical (unpaired) electrons. The van der Waals surface area contributed by atoms with E-state index in [1.807, 2.05) is 0 Å². The Hall–Kier alpha value is -3.83. The van der Waals surface area contributed by atoms with Gasteiger partial charge in [-0.25, -0.2) is 0 Å². The van der Waals surface area contributed by atoms with E-state index in [0.29, 0.717) is 43.2 Å². The molecule has 5 rings (SSSR count). The number of ether oxygens (including phenoxy) is 1. The lowest BCUT2D eigenvalue weighted by Crippen LogP contribution is -2.51. The van der Waals surface area contributed by atoms with Gasteiger partial charge in [0.15, 0.2) is 11.4 Å². The summed E-state index contributed by atoms with van der Waals surface area (Å²) < 4.78 is 45.6. The second kappa shape index (κ2) is 10.5. The summed E-state index contributed by atoms with van der Waals surface area (Å²) in [6.45, 7) is 1.98. The van der Waals surface area contributed by atoms with Crippen LogP contribution >= 0.6 is 0 Å². The predicted molar refractivity (Wildman–Crippen MR) is 133 cm³/mol. The van der Waals surface area contributed by atoms with Gasteiger partial charge in [0.05, 0.1) is 29.6 Å². The molecule has 0 bridgehead atoms. The van der Waals surface area contributed by atoms with Crippen molar-refractivity contribution >= 4 is 23.1 Å². The van der Waals surface area contributed by atoms with E-state index < -0.39 is 17.3 Å². The number of Topliss-reactive ketones (excluding diaryl/α,β-unsaturated/α-hetero) is 1. The van der Waals surface area contributed by atoms with Gasteiger partial charge >= 0.3 is 6.18 Å². The fraction of sp³-hybridized carbons (Fsp3) is 0.333. The highest BCUT2D eigenvalue weighted by Crippen LogP contribution is 2.33. The van der Waals surface area contributed by atoms with Crippen LogP contribution in [0.15, 0.2) is 67.0 Å². The number of hydrogen-bond donors (Lipinski definition) is 2. The lowest BCUT2D eigenvalue weighted by molar-refractivity contribution is -0.138. The zero-order valence-corrected chi connectivity index (χ0v) is 20.4. The van der Waals surface area contributed by atoms with Gasteiger partial charge in [0, 0.05) is 38.2 Å². The second-order valence-electron chi connectivity index (χ2n) is 9.44. The molecule has 1 aromatic heterocycles. The van der Waals surface area contributed by atoms with E-state index in [9.17, 15) is 22.8 Å². The van der Waals surface area contributed by atoms with E-state index in [2.05, 4.69) is 20.8 Å². The summed E-state index contributed by atoms with van der Waals surface area (Å²) in [5, 5.41) is 13.9. The van der Waals surface area contributed by atoms with Crippen LogP contribution in [0.1, 0.15) is 17.5 Å². The fourth-order valence-corrected chi connectivity index (χ4v) is 4.61. The third kappa shape index (κ3) is 5.39. The quantitative estimate of drug-likeness (QED) is 0.466. The molecular weight excluding hydrogens is 499 g/mol. The maximum atomic E-state index is 13.3. The number of anilines is 2. The lowest BCUT2D eigenvalue weighted by atomic mass is 9.91. The predicted octanol–water partition coefficient (Wildman–Crippen LogP) is 3.30. The Morgan fingerprint density at radius 3 is 2.42 bits per heavy atom. The van der Waals surface area contributed by atoms with Crippen molar-refractivity contribution in [3.05, 3.63) is 78.1 Å². The number of alkyl halides is 3. The minimum atomic E-state index is -4.49. The van der Waals surface area contributed by atoms with Crippen molar-refractivity contribution in [3.63, 3.8) is 0 Å². The molecule has 0 unspecified atom stereocenters. The molecule has 1 amide bonds. The first-order chi connectivity index (χ1) is 18.2. The summed E-state index contributed by atoms with van der Waals surface area (Å²) >= 11 is 0. The number of aromatic nitrogens is 2. The molecule has 0 spiro atoms. The third-order valence-corrected chi connectivity index (χ3v) is 6.83. The Kier molecular flexibility index (Phi) is 7.13. The van der Waals surface area contributed by atoms with Crippen LogP contribution in [0.5, 0.6) is 5.75 Å². The van der Waals surface area contributed by atoms with Crippen LogP contribution in [0.4, 0.5) is 24.5 Å². The number of halogens is 3. The molecular formula is C27H26F3N5O3. The van der Waals surface area contributed by atoms with Crippen LogP contribution in [0.2, 0.25) is 0 Å². The molecule has 2 fully saturated rings. The molecule has 38 heavy (non-hydrogen) atoms. The van der Waals surface area contributed by atoms with Gasteiger partial charge in [-0.05, 0) is 48.5 Å². The largest absolute Gasteiger partial charge is 0.478 e. The molecule has 2 aromatic carbocycles. The van der Waals surface area contributed by atoms with Crippen molar-refractivity contribution in [3.8, 4) is 5.75 Å². The summed E-state index contributed by atoms with van der Waals surface area (Å²) in [7, 11) is 0. The Morgan fingerprint density at radius 2 is 1.82 bits per heavy atom. The fourth-order valence-electron chi connectivity index (χ4n) is 4.61. The summed E-state index contributed by atoms with van der Waals surface area (Å²) in [6, 6.07) is 13.3. The Bertz CT molecular complexity index is 1290. The number of benzene rings is 2. The van der Waals surface area contributed by atoms with E-state index in [-0.39, 0.29) is 36.1 Å².